The van der Waals surface area contributed by atoms with Gasteiger partial charge in [0.1, 0.15) is 0 Å². The van der Waals surface area contributed by atoms with Crippen LogP contribution < -0.4 is 0 Å². The highest BCUT2D eigenvalue weighted by Gasteiger charge is 2.23. The van der Waals surface area contributed by atoms with Crippen LogP contribution in [-0.4, -0.2) is 23.5 Å². The number of aryl methyl sites for hydroxylation is 1. The highest BCUT2D eigenvalue weighted by Crippen LogP contribution is 2.27. The topological polar surface area (TPSA) is 100 Å². The van der Waals surface area contributed by atoms with Crippen molar-refractivity contribution in [3.63, 3.8) is 0 Å². The number of fused-ring (bicyclic) bond motifs is 1. The van der Waals surface area contributed by atoms with E-state index in [-0.39, 0.29) is 17.7 Å². The van der Waals surface area contributed by atoms with Crippen molar-refractivity contribution < 1.29 is 18.3 Å². The van der Waals surface area contributed by atoms with Gasteiger partial charge in [-0.1, -0.05) is 18.2 Å². The van der Waals surface area contributed by atoms with Crippen molar-refractivity contribution in [2.75, 3.05) is 0 Å². The third-order valence-electron chi connectivity index (χ3n) is 3.83. The summed E-state index contributed by atoms with van der Waals surface area (Å²) in [6.07, 6.45) is -0.121. The van der Waals surface area contributed by atoms with Crippen LogP contribution in [-0.2, 0) is 21.2 Å². The van der Waals surface area contributed by atoms with Crippen LogP contribution in [0.3, 0.4) is 0 Å². The number of hydrogen-bond donors (Lipinski definition) is 1. The average molecular weight is 354 g/mol. The molecule has 0 aliphatic rings. The third-order valence-corrected chi connectivity index (χ3v) is 5.61. The molecule has 1 heterocycles. The predicted octanol–water partition coefficient (Wildman–Crippen LogP) is 2.77. The average Bonchev–Trinajstić information content (AvgIpc) is 2.98. The van der Waals surface area contributed by atoms with Crippen LogP contribution in [0.1, 0.15) is 17.7 Å². The monoisotopic (exact) mass is 354 g/mol. The van der Waals surface area contributed by atoms with E-state index in [4.69, 9.17) is 10.4 Å². The number of aromatic nitrogens is 1. The van der Waals surface area contributed by atoms with Gasteiger partial charge in [0.15, 0.2) is 0 Å². The summed E-state index contributed by atoms with van der Waals surface area (Å²) in [6.45, 7) is 0. The van der Waals surface area contributed by atoms with Gasteiger partial charge in [-0.25, -0.2) is 12.4 Å². The Labute approximate surface area is 144 Å². The first-order valence-corrected chi connectivity index (χ1v) is 8.94. The first-order chi connectivity index (χ1) is 11.9. The lowest BCUT2D eigenvalue weighted by Crippen LogP contribution is -2.16. The third kappa shape index (κ3) is 3.12. The smallest absolute Gasteiger partial charge is 0.303 e. The fourth-order valence-corrected chi connectivity index (χ4v) is 4.30. The highest BCUT2D eigenvalue weighted by atomic mass is 32.2. The van der Waals surface area contributed by atoms with Crippen LogP contribution in [0.2, 0.25) is 0 Å². The van der Waals surface area contributed by atoms with Crippen LogP contribution in [0.25, 0.3) is 10.9 Å². The molecule has 25 heavy (non-hydrogen) atoms. The van der Waals surface area contributed by atoms with Gasteiger partial charge in [0.05, 0.1) is 28.5 Å². The van der Waals surface area contributed by atoms with Gasteiger partial charge >= 0.3 is 5.97 Å². The summed E-state index contributed by atoms with van der Waals surface area (Å²) in [5.74, 6) is -1.01. The molecule has 0 atom stereocenters. The van der Waals surface area contributed by atoms with Crippen LogP contribution in [0.15, 0.2) is 59.5 Å². The van der Waals surface area contributed by atoms with E-state index in [9.17, 15) is 13.2 Å². The molecule has 0 unspecified atom stereocenters. The Morgan fingerprint density at radius 1 is 1.12 bits per heavy atom. The number of carboxylic acids is 1. The number of hydrogen-bond acceptors (Lipinski definition) is 4. The molecule has 0 saturated carbocycles. The Bertz CT molecular complexity index is 1090. The molecule has 0 spiro atoms. The minimum Gasteiger partial charge on any atom is -0.481 e. The maximum Gasteiger partial charge on any atom is 0.303 e. The van der Waals surface area contributed by atoms with Gasteiger partial charge < -0.3 is 5.11 Å². The van der Waals surface area contributed by atoms with Gasteiger partial charge in [0.2, 0.25) is 0 Å². The summed E-state index contributed by atoms with van der Waals surface area (Å²) in [5, 5.41) is 18.6. The van der Waals surface area contributed by atoms with Crippen molar-refractivity contribution in [1.82, 2.24) is 3.97 Å². The number of carbonyl (C=O) groups is 1. The number of benzene rings is 2. The van der Waals surface area contributed by atoms with Crippen LogP contribution in [0.5, 0.6) is 0 Å². The van der Waals surface area contributed by atoms with Gasteiger partial charge in [-0.3, -0.25) is 4.79 Å². The fourth-order valence-electron chi connectivity index (χ4n) is 2.71. The Kier molecular flexibility index (Phi) is 4.30. The molecule has 0 bridgehead atoms. The number of aliphatic carboxylic acids is 1. The van der Waals surface area contributed by atoms with Crippen molar-refractivity contribution in [2.24, 2.45) is 0 Å². The lowest BCUT2D eigenvalue weighted by Gasteiger charge is -2.11. The van der Waals surface area contributed by atoms with Gasteiger partial charge in [0, 0.05) is 11.1 Å². The minimum absolute atomic E-state index is 0.0674. The molecule has 0 fully saturated rings. The van der Waals surface area contributed by atoms with E-state index in [1.807, 2.05) is 6.07 Å². The summed E-state index contributed by atoms with van der Waals surface area (Å²) in [5.41, 5.74) is 1.20. The van der Waals surface area contributed by atoms with Gasteiger partial charge in [0.25, 0.3) is 10.0 Å². The van der Waals surface area contributed by atoms with Crippen molar-refractivity contribution in [1.29, 1.82) is 5.26 Å². The fraction of sp³-hybridized carbons (Fsp3) is 0.111. The van der Waals surface area contributed by atoms with Crippen LogP contribution >= 0.6 is 0 Å². The highest BCUT2D eigenvalue weighted by molar-refractivity contribution is 7.90. The standard InChI is InChI=1S/C18H14N2O4S/c19-12-13-6-8-17-14(10-13)11-15(7-9-18(21)22)20(17)25(23,24)16-4-2-1-3-5-16/h1-6,8,10-11H,7,9H2,(H,21,22). The molecular weight excluding hydrogens is 340 g/mol. The van der Waals surface area contributed by atoms with E-state index in [1.54, 1.807) is 42.5 Å². The quantitative estimate of drug-likeness (QED) is 0.759. The summed E-state index contributed by atoms with van der Waals surface area (Å²) >= 11 is 0. The molecule has 1 N–H and O–H groups in total. The number of carboxylic acid groups (broad SMARTS) is 1. The zero-order chi connectivity index (χ0) is 18.0. The molecule has 3 rings (SSSR count). The summed E-state index contributed by atoms with van der Waals surface area (Å²) in [4.78, 5) is 11.0. The largest absolute Gasteiger partial charge is 0.481 e. The molecule has 126 valence electrons. The van der Waals surface area contributed by atoms with E-state index in [2.05, 4.69) is 0 Å². The normalized spacial score (nSPS) is 11.3. The Morgan fingerprint density at radius 2 is 1.84 bits per heavy atom. The Hall–Kier alpha value is -3.11. The van der Waals surface area contributed by atoms with Gasteiger partial charge in [-0.15, -0.1) is 0 Å². The molecule has 0 aliphatic carbocycles. The van der Waals surface area contributed by atoms with Crippen molar-refractivity contribution >= 4 is 26.9 Å². The Balaban J connectivity index is 2.25. The molecule has 3 aromatic rings. The van der Waals surface area contributed by atoms with Crippen molar-refractivity contribution in [3.05, 3.63) is 65.9 Å². The van der Waals surface area contributed by atoms with E-state index >= 15 is 0 Å². The SMILES string of the molecule is N#Cc1ccc2c(c1)cc(CCC(=O)O)n2S(=O)(=O)c1ccccc1. The molecular formula is C18H14N2O4S. The molecule has 0 aliphatic heterocycles. The first-order valence-electron chi connectivity index (χ1n) is 7.50. The maximum absolute atomic E-state index is 13.1. The molecule has 0 saturated heterocycles. The zero-order valence-electron chi connectivity index (χ0n) is 13.1. The lowest BCUT2D eigenvalue weighted by molar-refractivity contribution is -0.136. The summed E-state index contributed by atoms with van der Waals surface area (Å²) < 4.78 is 27.3. The first kappa shape index (κ1) is 16.7. The van der Waals surface area contributed by atoms with E-state index in [0.717, 1.165) is 0 Å². The molecule has 0 amide bonds. The summed E-state index contributed by atoms with van der Waals surface area (Å²) in [6, 6.07) is 16.3. The Morgan fingerprint density at radius 3 is 2.48 bits per heavy atom. The maximum atomic E-state index is 13.1. The number of nitrogens with zero attached hydrogens (tertiary/aromatic N) is 2. The summed E-state index contributed by atoms with van der Waals surface area (Å²) in [7, 11) is -3.88. The molecule has 0 radical (unpaired) electrons. The molecule has 1 aromatic heterocycles. The number of nitriles is 1. The van der Waals surface area contributed by atoms with Crippen molar-refractivity contribution in [3.8, 4) is 6.07 Å². The number of rotatable bonds is 5. The van der Waals surface area contributed by atoms with E-state index in [1.165, 1.54) is 16.1 Å². The second kappa shape index (κ2) is 6.42. The molecule has 2 aromatic carbocycles. The molecule has 6 nitrogen and oxygen atoms in total. The molecule has 7 heteroatoms. The van der Waals surface area contributed by atoms with Crippen LogP contribution in [0.4, 0.5) is 0 Å². The minimum atomic E-state index is -3.88. The van der Waals surface area contributed by atoms with E-state index in [0.29, 0.717) is 22.2 Å². The lowest BCUT2D eigenvalue weighted by atomic mass is 10.1. The second-order valence-electron chi connectivity index (χ2n) is 5.50. The second-order valence-corrected chi connectivity index (χ2v) is 7.28. The van der Waals surface area contributed by atoms with Crippen molar-refractivity contribution in [2.45, 2.75) is 17.7 Å². The zero-order valence-corrected chi connectivity index (χ0v) is 13.9. The predicted molar refractivity (Wildman–Crippen MR) is 91.6 cm³/mol. The van der Waals surface area contributed by atoms with Gasteiger partial charge in [-0.2, -0.15) is 5.26 Å². The van der Waals surface area contributed by atoms with E-state index < -0.39 is 16.0 Å². The van der Waals surface area contributed by atoms with Crippen LogP contribution in [0, 0.1) is 11.3 Å². The van der Waals surface area contributed by atoms with Gasteiger partial charge in [-0.05, 0) is 42.8 Å².